The van der Waals surface area contributed by atoms with Gasteiger partial charge in [0, 0.05) is 26.2 Å². The molecule has 1 saturated carbocycles. The minimum atomic E-state index is -0.432. The number of ether oxygens (including phenoxy) is 1. The van der Waals surface area contributed by atoms with Crippen molar-refractivity contribution >= 4 is 6.09 Å². The van der Waals surface area contributed by atoms with Crippen LogP contribution in [-0.4, -0.2) is 36.2 Å². The molecule has 2 unspecified atom stereocenters. The first-order valence-corrected chi connectivity index (χ1v) is 9.64. The molecule has 1 heterocycles. The lowest BCUT2D eigenvalue weighted by atomic mass is 9.69. The van der Waals surface area contributed by atoms with Crippen molar-refractivity contribution < 1.29 is 9.53 Å². The molecule has 3 rings (SSSR count). The van der Waals surface area contributed by atoms with Crippen LogP contribution in [0.4, 0.5) is 4.79 Å². The lowest BCUT2D eigenvalue weighted by Gasteiger charge is -2.47. The van der Waals surface area contributed by atoms with Crippen molar-refractivity contribution in [2.75, 3.05) is 19.6 Å². The van der Waals surface area contributed by atoms with Gasteiger partial charge in [0.25, 0.3) is 0 Å². The standard InChI is InChI=1S/C21H32N2O2/c1-21(2,3)25-20(24)22-12-19-17-10-7-11-18(19)15-23(14-17)13-16-8-5-4-6-9-16/h4-6,8-9,17-19H,7,10-15H2,1-3H3,(H,22,24). The first-order valence-electron chi connectivity index (χ1n) is 9.64. The first kappa shape index (κ1) is 18.2. The van der Waals surface area contributed by atoms with E-state index >= 15 is 0 Å². The third kappa shape index (κ3) is 5.21. The molecule has 1 saturated heterocycles. The van der Waals surface area contributed by atoms with Crippen LogP contribution in [0.3, 0.4) is 0 Å². The molecule has 138 valence electrons. The van der Waals surface area contributed by atoms with E-state index in [1.807, 2.05) is 20.8 Å². The summed E-state index contributed by atoms with van der Waals surface area (Å²) in [6, 6.07) is 10.7. The van der Waals surface area contributed by atoms with E-state index in [1.165, 1.54) is 24.8 Å². The summed E-state index contributed by atoms with van der Waals surface area (Å²) in [5.41, 5.74) is 0.963. The van der Waals surface area contributed by atoms with Crippen molar-refractivity contribution in [3.63, 3.8) is 0 Å². The summed E-state index contributed by atoms with van der Waals surface area (Å²) in [7, 11) is 0. The van der Waals surface area contributed by atoms with E-state index in [-0.39, 0.29) is 6.09 Å². The molecule has 0 radical (unpaired) electrons. The van der Waals surface area contributed by atoms with Crippen molar-refractivity contribution in [3.8, 4) is 0 Å². The zero-order valence-electron chi connectivity index (χ0n) is 15.8. The molecule has 2 atom stereocenters. The average molecular weight is 344 g/mol. The molecule has 0 spiro atoms. The van der Waals surface area contributed by atoms with E-state index in [1.54, 1.807) is 0 Å². The van der Waals surface area contributed by atoms with Gasteiger partial charge in [-0.15, -0.1) is 0 Å². The van der Waals surface area contributed by atoms with Gasteiger partial charge in [-0.2, -0.15) is 0 Å². The second-order valence-corrected chi connectivity index (χ2v) is 8.68. The molecule has 1 amide bonds. The number of nitrogens with one attached hydrogen (secondary N) is 1. The highest BCUT2D eigenvalue weighted by Crippen LogP contribution is 2.39. The monoisotopic (exact) mass is 344 g/mol. The summed E-state index contributed by atoms with van der Waals surface area (Å²) >= 11 is 0. The van der Waals surface area contributed by atoms with Gasteiger partial charge in [0.1, 0.15) is 5.60 Å². The maximum Gasteiger partial charge on any atom is 0.407 e. The average Bonchev–Trinajstić information content (AvgIpc) is 2.52. The van der Waals surface area contributed by atoms with Gasteiger partial charge >= 0.3 is 6.09 Å². The van der Waals surface area contributed by atoms with Gasteiger partial charge in [-0.3, -0.25) is 4.90 Å². The molecule has 1 aromatic rings. The number of benzene rings is 1. The molecule has 25 heavy (non-hydrogen) atoms. The fraction of sp³-hybridized carbons (Fsp3) is 0.667. The number of hydrogen-bond acceptors (Lipinski definition) is 3. The van der Waals surface area contributed by atoms with Gasteiger partial charge in [0.05, 0.1) is 0 Å². The molecule has 2 aliphatic rings. The number of rotatable bonds is 4. The van der Waals surface area contributed by atoms with Crippen molar-refractivity contribution in [1.82, 2.24) is 10.2 Å². The van der Waals surface area contributed by atoms with E-state index in [9.17, 15) is 4.79 Å². The molecule has 1 aliphatic carbocycles. The highest BCUT2D eigenvalue weighted by atomic mass is 16.6. The molecule has 1 aliphatic heterocycles. The Bertz CT molecular complexity index is 553. The molecule has 1 N–H and O–H groups in total. The zero-order valence-corrected chi connectivity index (χ0v) is 15.8. The number of likely N-dealkylation sites (tertiary alicyclic amines) is 1. The van der Waals surface area contributed by atoms with E-state index < -0.39 is 5.60 Å². The lowest BCUT2D eigenvalue weighted by Crippen LogP contribution is -2.51. The van der Waals surface area contributed by atoms with Crippen LogP contribution in [0, 0.1) is 17.8 Å². The van der Waals surface area contributed by atoms with E-state index in [4.69, 9.17) is 4.74 Å². The number of piperidine rings is 1. The lowest BCUT2D eigenvalue weighted by molar-refractivity contribution is 0.0141. The quantitative estimate of drug-likeness (QED) is 0.895. The van der Waals surface area contributed by atoms with E-state index in [2.05, 4.69) is 40.5 Å². The van der Waals surface area contributed by atoms with Crippen molar-refractivity contribution in [2.45, 2.75) is 52.2 Å². The van der Waals surface area contributed by atoms with E-state index in [0.717, 1.165) is 26.2 Å². The summed E-state index contributed by atoms with van der Waals surface area (Å²) in [5, 5.41) is 3.02. The summed E-state index contributed by atoms with van der Waals surface area (Å²) in [5.74, 6) is 1.96. The second kappa shape index (κ2) is 7.77. The van der Waals surface area contributed by atoms with Gasteiger partial charge in [0.15, 0.2) is 0 Å². The van der Waals surface area contributed by atoms with Crippen LogP contribution >= 0.6 is 0 Å². The number of amides is 1. The summed E-state index contributed by atoms with van der Waals surface area (Å²) in [6.07, 6.45) is 3.61. The Morgan fingerprint density at radius 2 is 1.80 bits per heavy atom. The Hall–Kier alpha value is -1.55. The molecule has 2 bridgehead atoms. The molecule has 4 nitrogen and oxygen atoms in total. The van der Waals surface area contributed by atoms with Crippen LogP contribution in [0.1, 0.15) is 45.6 Å². The highest BCUT2D eigenvalue weighted by molar-refractivity contribution is 5.67. The predicted molar refractivity (Wildman–Crippen MR) is 100 cm³/mol. The van der Waals surface area contributed by atoms with Gasteiger partial charge in [-0.25, -0.2) is 4.79 Å². The Kier molecular flexibility index (Phi) is 5.67. The topological polar surface area (TPSA) is 41.6 Å². The van der Waals surface area contributed by atoms with Gasteiger partial charge in [-0.1, -0.05) is 36.8 Å². The number of carbonyl (C=O) groups is 1. The molecular weight excluding hydrogens is 312 g/mol. The third-order valence-electron chi connectivity index (χ3n) is 5.48. The fourth-order valence-corrected chi connectivity index (χ4v) is 4.47. The molecular formula is C21H32N2O2. The van der Waals surface area contributed by atoms with Crippen molar-refractivity contribution in [2.24, 2.45) is 17.8 Å². The molecule has 4 heteroatoms. The van der Waals surface area contributed by atoms with Crippen molar-refractivity contribution in [3.05, 3.63) is 35.9 Å². The molecule has 1 aromatic carbocycles. The van der Waals surface area contributed by atoms with Crippen LogP contribution in [0.5, 0.6) is 0 Å². The zero-order chi connectivity index (χ0) is 17.9. The summed E-state index contributed by atoms with van der Waals surface area (Å²) in [6.45, 7) is 9.80. The van der Waals surface area contributed by atoms with Crippen LogP contribution in [-0.2, 0) is 11.3 Å². The number of carbonyl (C=O) groups excluding carboxylic acids is 1. The number of fused-ring (bicyclic) bond motifs is 2. The first-order chi connectivity index (χ1) is 11.9. The van der Waals surface area contributed by atoms with Crippen LogP contribution in [0.15, 0.2) is 30.3 Å². The SMILES string of the molecule is CC(C)(C)OC(=O)NCC1C2CCCC1CN(Cc1ccccc1)C2. The minimum Gasteiger partial charge on any atom is -0.444 e. The Morgan fingerprint density at radius 1 is 1.16 bits per heavy atom. The molecule has 2 fully saturated rings. The third-order valence-corrected chi connectivity index (χ3v) is 5.48. The number of nitrogens with zero attached hydrogens (tertiary/aromatic N) is 1. The second-order valence-electron chi connectivity index (χ2n) is 8.68. The maximum absolute atomic E-state index is 12.0. The Balaban J connectivity index is 1.54. The van der Waals surface area contributed by atoms with Crippen LogP contribution in [0.25, 0.3) is 0 Å². The minimum absolute atomic E-state index is 0.280. The van der Waals surface area contributed by atoms with Gasteiger partial charge in [0.2, 0.25) is 0 Å². The Morgan fingerprint density at radius 3 is 2.40 bits per heavy atom. The Labute approximate surface area is 151 Å². The summed E-state index contributed by atoms with van der Waals surface area (Å²) in [4.78, 5) is 14.6. The van der Waals surface area contributed by atoms with Gasteiger partial charge in [-0.05, 0) is 56.9 Å². The van der Waals surface area contributed by atoms with Crippen molar-refractivity contribution in [1.29, 1.82) is 0 Å². The normalized spacial score (nSPS) is 26.9. The number of alkyl carbamates (subject to hydrolysis) is 1. The van der Waals surface area contributed by atoms with Crippen LogP contribution < -0.4 is 5.32 Å². The molecule has 0 aromatic heterocycles. The highest BCUT2D eigenvalue weighted by Gasteiger charge is 2.39. The number of hydrogen-bond donors (Lipinski definition) is 1. The predicted octanol–water partition coefficient (Wildman–Crippen LogP) is 4.06. The van der Waals surface area contributed by atoms with Gasteiger partial charge < -0.3 is 10.1 Å². The largest absolute Gasteiger partial charge is 0.444 e. The van der Waals surface area contributed by atoms with E-state index in [0.29, 0.717) is 17.8 Å². The smallest absolute Gasteiger partial charge is 0.407 e. The fourth-order valence-electron chi connectivity index (χ4n) is 4.47. The van der Waals surface area contributed by atoms with Crippen LogP contribution in [0.2, 0.25) is 0 Å². The maximum atomic E-state index is 12.0. The summed E-state index contributed by atoms with van der Waals surface area (Å²) < 4.78 is 5.39.